The van der Waals surface area contributed by atoms with Crippen LogP contribution in [0.5, 0.6) is 5.75 Å². The van der Waals surface area contributed by atoms with Crippen LogP contribution in [0.1, 0.15) is 17.5 Å². The number of halogens is 1. The zero-order valence-electron chi connectivity index (χ0n) is 17.5. The Morgan fingerprint density at radius 2 is 2.00 bits per heavy atom. The summed E-state index contributed by atoms with van der Waals surface area (Å²) in [4.78, 5) is 16.8. The smallest absolute Gasteiger partial charge is 0.231 e. The van der Waals surface area contributed by atoms with Crippen molar-refractivity contribution in [2.24, 2.45) is 0 Å². The Morgan fingerprint density at radius 1 is 1.20 bits per heavy atom. The minimum absolute atomic E-state index is 0.0304. The number of amides is 1. The van der Waals surface area contributed by atoms with Gasteiger partial charge in [0.15, 0.2) is 0 Å². The summed E-state index contributed by atoms with van der Waals surface area (Å²) in [6.07, 6.45) is 8.08. The Kier molecular flexibility index (Phi) is 7.80. The molecule has 158 valence electrons. The molecule has 0 N–H and O–H groups in total. The summed E-state index contributed by atoms with van der Waals surface area (Å²) >= 11 is 0. The minimum atomic E-state index is -0.291. The normalized spacial score (nSPS) is 13.5. The van der Waals surface area contributed by atoms with Crippen molar-refractivity contribution in [3.63, 3.8) is 0 Å². The molecule has 0 unspecified atom stereocenters. The van der Waals surface area contributed by atoms with E-state index in [-0.39, 0.29) is 18.1 Å². The molecule has 0 fully saturated rings. The number of nitrogens with zero attached hydrogens (tertiary/aromatic N) is 2. The minimum Gasteiger partial charge on any atom is -0.490 e. The lowest BCUT2D eigenvalue weighted by atomic mass is 10.0. The molecule has 2 aromatic carbocycles. The van der Waals surface area contributed by atoms with Gasteiger partial charge in [-0.25, -0.2) is 4.39 Å². The van der Waals surface area contributed by atoms with Crippen molar-refractivity contribution >= 4 is 11.6 Å². The topological polar surface area (TPSA) is 32.8 Å². The first-order valence-corrected chi connectivity index (χ1v) is 10.3. The van der Waals surface area contributed by atoms with Crippen LogP contribution < -0.4 is 9.64 Å². The maximum absolute atomic E-state index is 13.1. The molecule has 1 amide bonds. The first kappa shape index (κ1) is 21.8. The average molecular weight is 409 g/mol. The summed E-state index contributed by atoms with van der Waals surface area (Å²) < 4.78 is 18.9. The monoisotopic (exact) mass is 408 g/mol. The van der Waals surface area contributed by atoms with Gasteiger partial charge in [-0.1, -0.05) is 30.4 Å². The van der Waals surface area contributed by atoms with E-state index in [1.54, 1.807) is 12.1 Å². The van der Waals surface area contributed by atoms with Gasteiger partial charge in [0.25, 0.3) is 0 Å². The molecule has 0 spiro atoms. The summed E-state index contributed by atoms with van der Waals surface area (Å²) in [5.41, 5.74) is 2.89. The third kappa shape index (κ3) is 6.04. The number of aryl methyl sites for hydroxylation is 1. The molecule has 5 heteroatoms. The lowest BCUT2D eigenvalue weighted by Gasteiger charge is -2.30. The SMILES string of the molecule is C=CCN(C)C/C=C/COc1ccc2c(c1)CCCN2C(=O)Cc1ccc(F)cc1. The van der Waals surface area contributed by atoms with Gasteiger partial charge in [0, 0.05) is 25.3 Å². The maximum Gasteiger partial charge on any atom is 0.231 e. The molecular weight excluding hydrogens is 379 g/mol. The molecule has 1 heterocycles. The Labute approximate surface area is 178 Å². The predicted molar refractivity (Wildman–Crippen MR) is 120 cm³/mol. The second kappa shape index (κ2) is 10.7. The van der Waals surface area contributed by atoms with Crippen LogP contribution in [0.25, 0.3) is 0 Å². The molecule has 30 heavy (non-hydrogen) atoms. The van der Waals surface area contributed by atoms with E-state index < -0.39 is 0 Å². The van der Waals surface area contributed by atoms with Gasteiger partial charge in [0.2, 0.25) is 5.91 Å². The third-order valence-corrected chi connectivity index (χ3v) is 5.11. The summed E-state index contributed by atoms with van der Waals surface area (Å²) in [6.45, 7) is 6.65. The number of rotatable bonds is 9. The van der Waals surface area contributed by atoms with Gasteiger partial charge in [-0.2, -0.15) is 0 Å². The molecule has 0 bridgehead atoms. The van der Waals surface area contributed by atoms with Crippen LogP contribution in [0.2, 0.25) is 0 Å². The summed E-state index contributed by atoms with van der Waals surface area (Å²) in [6, 6.07) is 12.0. The van der Waals surface area contributed by atoms with Crippen LogP contribution in [0.4, 0.5) is 10.1 Å². The highest BCUT2D eigenvalue weighted by Gasteiger charge is 2.23. The lowest BCUT2D eigenvalue weighted by molar-refractivity contribution is -0.118. The standard InChI is InChI=1S/C25H29FN2O2/c1-3-14-27(2)15-4-5-17-30-23-12-13-24-21(19-23)7-6-16-28(24)25(29)18-20-8-10-22(26)11-9-20/h3-5,8-13,19H,1,6-7,14-18H2,2H3/b5-4+. The number of carbonyl (C=O) groups excluding carboxylic acids is 1. The lowest BCUT2D eigenvalue weighted by Crippen LogP contribution is -2.36. The van der Waals surface area contributed by atoms with Crippen LogP contribution in [0.15, 0.2) is 67.3 Å². The molecule has 0 saturated heterocycles. The quantitative estimate of drug-likeness (QED) is 0.577. The molecule has 0 atom stereocenters. The van der Waals surface area contributed by atoms with Crippen LogP contribution in [0, 0.1) is 5.82 Å². The highest BCUT2D eigenvalue weighted by atomic mass is 19.1. The van der Waals surface area contributed by atoms with E-state index in [0.717, 1.165) is 48.5 Å². The van der Waals surface area contributed by atoms with Gasteiger partial charge in [-0.15, -0.1) is 6.58 Å². The first-order chi connectivity index (χ1) is 14.6. The van der Waals surface area contributed by atoms with Crippen molar-refractivity contribution < 1.29 is 13.9 Å². The fourth-order valence-corrected chi connectivity index (χ4v) is 3.56. The number of ether oxygens (including phenoxy) is 1. The molecule has 2 aromatic rings. The molecule has 3 rings (SSSR count). The number of anilines is 1. The Morgan fingerprint density at radius 3 is 2.77 bits per heavy atom. The van der Waals surface area contributed by atoms with E-state index in [0.29, 0.717) is 13.2 Å². The van der Waals surface area contributed by atoms with E-state index in [1.807, 2.05) is 42.3 Å². The highest BCUT2D eigenvalue weighted by Crippen LogP contribution is 2.31. The third-order valence-electron chi connectivity index (χ3n) is 5.11. The molecule has 1 aliphatic heterocycles. The maximum atomic E-state index is 13.1. The Bertz CT molecular complexity index is 893. The number of hydrogen-bond acceptors (Lipinski definition) is 3. The van der Waals surface area contributed by atoms with Gasteiger partial charge >= 0.3 is 0 Å². The van der Waals surface area contributed by atoms with E-state index in [2.05, 4.69) is 17.6 Å². The first-order valence-electron chi connectivity index (χ1n) is 10.3. The zero-order chi connectivity index (χ0) is 21.3. The van der Waals surface area contributed by atoms with Crippen LogP contribution in [-0.2, 0) is 17.6 Å². The Balaban J connectivity index is 1.58. The van der Waals surface area contributed by atoms with Gasteiger partial charge < -0.3 is 9.64 Å². The number of likely N-dealkylation sites (N-methyl/N-ethyl adjacent to an activating group) is 1. The number of fused-ring (bicyclic) bond motifs is 1. The van der Waals surface area contributed by atoms with Crippen LogP contribution in [-0.4, -0.2) is 44.1 Å². The number of benzene rings is 2. The molecular formula is C25H29FN2O2. The van der Waals surface area contributed by atoms with E-state index in [9.17, 15) is 9.18 Å². The molecule has 0 aromatic heterocycles. The van der Waals surface area contributed by atoms with Crippen molar-refractivity contribution in [3.05, 3.63) is 84.2 Å². The van der Waals surface area contributed by atoms with Crippen molar-refractivity contribution in [3.8, 4) is 5.75 Å². The van der Waals surface area contributed by atoms with E-state index >= 15 is 0 Å². The molecule has 0 saturated carbocycles. The average Bonchev–Trinajstić information content (AvgIpc) is 2.74. The van der Waals surface area contributed by atoms with Crippen molar-refractivity contribution in [1.29, 1.82) is 0 Å². The number of hydrogen-bond donors (Lipinski definition) is 0. The van der Waals surface area contributed by atoms with Gasteiger partial charge in [0.05, 0.1) is 6.42 Å². The van der Waals surface area contributed by atoms with Crippen LogP contribution in [0.3, 0.4) is 0 Å². The van der Waals surface area contributed by atoms with Crippen LogP contribution >= 0.6 is 0 Å². The van der Waals surface area contributed by atoms with Gasteiger partial charge in [0.1, 0.15) is 18.2 Å². The molecule has 4 nitrogen and oxygen atoms in total. The number of carbonyl (C=O) groups is 1. The predicted octanol–water partition coefficient (Wildman–Crippen LogP) is 4.40. The van der Waals surface area contributed by atoms with Gasteiger partial charge in [-0.05, 0) is 61.3 Å². The Hall–Kier alpha value is -2.92. The summed E-state index contributed by atoms with van der Waals surface area (Å²) in [5.74, 6) is 0.550. The van der Waals surface area contributed by atoms with Gasteiger partial charge in [-0.3, -0.25) is 9.69 Å². The fourth-order valence-electron chi connectivity index (χ4n) is 3.56. The van der Waals surface area contributed by atoms with E-state index in [4.69, 9.17) is 4.74 Å². The van der Waals surface area contributed by atoms with E-state index in [1.165, 1.54) is 12.1 Å². The summed E-state index contributed by atoms with van der Waals surface area (Å²) in [5, 5.41) is 0. The molecule has 0 radical (unpaired) electrons. The second-order valence-electron chi connectivity index (χ2n) is 7.53. The largest absolute Gasteiger partial charge is 0.490 e. The highest BCUT2D eigenvalue weighted by molar-refractivity contribution is 5.96. The van der Waals surface area contributed by atoms with Crippen molar-refractivity contribution in [2.45, 2.75) is 19.3 Å². The molecule has 0 aliphatic carbocycles. The zero-order valence-corrected chi connectivity index (χ0v) is 17.5. The molecule has 1 aliphatic rings. The van der Waals surface area contributed by atoms with Crippen molar-refractivity contribution in [2.75, 3.05) is 38.2 Å². The fraction of sp³-hybridized carbons (Fsp3) is 0.320. The summed E-state index contributed by atoms with van der Waals surface area (Å²) in [7, 11) is 2.04. The second-order valence-corrected chi connectivity index (χ2v) is 7.53. The van der Waals surface area contributed by atoms with Crippen molar-refractivity contribution in [1.82, 2.24) is 4.90 Å².